The third-order valence-electron chi connectivity index (χ3n) is 28.2. The highest BCUT2D eigenvalue weighted by molar-refractivity contribution is 9.10. The first-order chi connectivity index (χ1) is 67.6. The lowest BCUT2D eigenvalue weighted by molar-refractivity contribution is -0.120. The van der Waals surface area contributed by atoms with Crippen LogP contribution in [0.15, 0.2) is 407 Å². The molecule has 0 saturated carbocycles. The number of hydrogen-bond donors (Lipinski definition) is 6. The third kappa shape index (κ3) is 23.2. The first kappa shape index (κ1) is 101. The summed E-state index contributed by atoms with van der Waals surface area (Å²) in [6, 6.07) is 122. The number of ether oxygens (including phenoxy) is 1. The molecule has 13 nitrogen and oxygen atoms in total. The van der Waals surface area contributed by atoms with Crippen LogP contribution in [0.3, 0.4) is 0 Å². The molecule has 6 aliphatic rings. The van der Waals surface area contributed by atoms with Crippen molar-refractivity contribution >= 4 is 116 Å². The number of nitrogens with zero attached hydrogens (tertiary/aromatic N) is 1. The largest absolute Gasteiger partial charge is 0.497 e. The Kier molecular flexibility index (Phi) is 30.9. The Hall–Kier alpha value is -14.8. The van der Waals surface area contributed by atoms with Gasteiger partial charge in [0.05, 0.1) is 40.3 Å². The van der Waals surface area contributed by atoms with Crippen LogP contribution < -0.4 is 36.6 Å². The van der Waals surface area contributed by atoms with Crippen molar-refractivity contribution in [1.29, 1.82) is 5.26 Å². The van der Waals surface area contributed by atoms with Crippen LogP contribution >= 0.6 is 31.9 Å². The number of carbonyl (C=O) groups is 5. The molecule has 6 aliphatic heterocycles. The summed E-state index contributed by atoms with van der Waals surface area (Å²) >= 11 is 6.93. The van der Waals surface area contributed by atoms with Gasteiger partial charge in [-0.05, 0) is 260 Å². The van der Waals surface area contributed by atoms with Crippen molar-refractivity contribution in [3.63, 3.8) is 0 Å². The molecule has 0 spiro atoms. The number of amides is 5. The quantitative estimate of drug-likeness (QED) is 0.0657. The van der Waals surface area contributed by atoms with Crippen molar-refractivity contribution in [2.75, 3.05) is 7.11 Å². The molecule has 14 aromatic carbocycles. The molecule has 0 saturated heterocycles. The smallest absolute Gasteiger partial charge is 0.262 e. The van der Waals surface area contributed by atoms with Crippen LogP contribution in [0.4, 0.5) is 0 Å². The van der Waals surface area contributed by atoms with Crippen LogP contribution in [-0.2, 0) is 57.2 Å². The maximum atomic E-state index is 13.0. The van der Waals surface area contributed by atoms with Crippen molar-refractivity contribution in [2.24, 2.45) is 0 Å². The monoisotopic (exact) mass is 1990 g/mol. The number of benzene rings is 14. The van der Waals surface area contributed by atoms with E-state index in [2.05, 4.69) is 381 Å². The topological polar surface area (TPSA) is 191 Å². The van der Waals surface area contributed by atoms with E-state index in [0.717, 1.165) is 158 Å². The van der Waals surface area contributed by atoms with Gasteiger partial charge in [-0.3, -0.25) is 24.0 Å². The molecule has 6 atom stereocenters. The highest BCUT2D eigenvalue weighted by Gasteiger charge is 2.43. The Labute approximate surface area is 847 Å². The predicted octanol–water partition coefficient (Wildman–Crippen LogP) is 28.2. The number of carbonyl (C=O) groups excluding carboxylic acids is 5. The zero-order valence-electron chi connectivity index (χ0n) is 82.7. The van der Waals surface area contributed by atoms with E-state index in [1.807, 2.05) is 144 Å². The maximum absolute atomic E-state index is 13.0. The number of nitriles is 1. The summed E-state index contributed by atoms with van der Waals surface area (Å²) in [6.45, 7) is 30.6. The first-order valence-corrected chi connectivity index (χ1v) is 49.5. The Morgan fingerprint density at radius 3 is 1.06 bits per heavy atom. The minimum Gasteiger partial charge on any atom is -0.497 e. The van der Waals surface area contributed by atoms with Crippen LogP contribution in [0.25, 0.3) is 55.0 Å². The number of allylic oxidation sites excluding steroid dienone is 1. The molecule has 0 aliphatic carbocycles. The molecule has 5 amide bonds. The van der Waals surface area contributed by atoms with Gasteiger partial charge in [0.15, 0.2) is 0 Å². The fraction of sp³-hybridized carbons (Fsp3) is 0.206. The number of hydrogen-bond acceptors (Lipinski definition) is 8. The number of fused-ring (bicyclic) bond motifs is 2. The molecule has 15 heteroatoms. The minimum absolute atomic E-state index is 0.000382. The van der Waals surface area contributed by atoms with Gasteiger partial charge in [-0.25, -0.2) is 0 Å². The van der Waals surface area contributed by atoms with Crippen molar-refractivity contribution in [3.8, 4) is 11.8 Å². The Bertz CT molecular complexity index is 7150. The van der Waals surface area contributed by atoms with E-state index in [9.17, 15) is 29.2 Å². The van der Waals surface area contributed by atoms with E-state index in [1.54, 1.807) is 7.11 Å². The molecule has 6 heterocycles. The average molecular weight is 1990 g/mol. The lowest BCUT2D eigenvalue weighted by Crippen LogP contribution is -2.47. The summed E-state index contributed by atoms with van der Waals surface area (Å²) in [7, 11) is 1.65. The van der Waals surface area contributed by atoms with Crippen LogP contribution in [0.2, 0.25) is 0 Å². The Morgan fingerprint density at radius 2 is 0.610 bits per heavy atom. The zero-order valence-corrected chi connectivity index (χ0v) is 85.8. The standard InChI is InChI=1S/C27H23NO.C21H23NO2.C21H23NO.C19H17Br2NO.C19H16N2O.C19H19N/c1-18-25(24-13-7-11-20-9-5-6-12-23(20)24)17-27(2,28-26(18)29)22-15-14-19-8-3-4-10-21(19)16-22;1-14-5-9-17(10-6-14)21(3)13-19(15(2)20(23)22-21)16-7-11-18(24-4)12-8-16;1-14-5-9-17(10-6-14)19-13-21(4,22-20(23)16(19)3)18-11-7-15(2)8-12-18;1-12-17(13-3-7-15(20)8-4-13)11-19(2,22-18(12)23)14-5-9-16(21)10-6-14;1-19(15-10-6-3-7-11-15)12-16(14-8-4-2-5-9-14)17(13-20)18(22)21-19;1-15-13-17(16-9-5-3-6-10-16)14-19(2,20-15)18-11-7-4-8-12-18/h3-16H,17H2,1-2H3,(H,28,29);5-12H,13H2,1-4H3,(H,22,23);5-12H,13H2,1-4H3,(H,22,23);3-10H,11H2,1-2H3,(H,22,23);2-11H,12H2,1H3,(H,21,22);3-13,20H,1,14H2,2H3. The van der Waals surface area contributed by atoms with Gasteiger partial charge in [-0.1, -0.05) is 365 Å². The van der Waals surface area contributed by atoms with E-state index in [1.165, 1.54) is 54.9 Å². The van der Waals surface area contributed by atoms with Crippen molar-refractivity contribution in [3.05, 3.63) is 490 Å². The molecule has 0 bridgehead atoms. The summed E-state index contributed by atoms with van der Waals surface area (Å²) in [5, 5.41) is 33.5. The van der Waals surface area contributed by atoms with Gasteiger partial charge in [-0.15, -0.1) is 0 Å². The number of halogens is 2. The van der Waals surface area contributed by atoms with Gasteiger partial charge < -0.3 is 36.6 Å². The molecule has 0 aromatic heterocycles. The average Bonchev–Trinajstić information content (AvgIpc) is 0.745. The highest BCUT2D eigenvalue weighted by Crippen LogP contribution is 2.47. The van der Waals surface area contributed by atoms with Gasteiger partial charge >= 0.3 is 0 Å². The molecule has 0 radical (unpaired) electrons. The molecular formula is C126H121Br2N7O6. The van der Waals surface area contributed by atoms with Crippen LogP contribution in [-0.4, -0.2) is 36.6 Å². The number of aryl methyl sites for hydroxylation is 3. The van der Waals surface area contributed by atoms with Gasteiger partial charge in [0.1, 0.15) is 17.4 Å². The van der Waals surface area contributed by atoms with E-state index in [4.69, 9.17) is 4.74 Å². The van der Waals surface area contributed by atoms with E-state index in [-0.39, 0.29) is 46.2 Å². The molecule has 6 N–H and O–H groups in total. The summed E-state index contributed by atoms with van der Waals surface area (Å²) < 4.78 is 7.30. The van der Waals surface area contributed by atoms with Crippen LogP contribution in [0, 0.1) is 32.1 Å². The van der Waals surface area contributed by atoms with Gasteiger partial charge in [-0.2, -0.15) is 5.26 Å². The summed E-state index contributed by atoms with van der Waals surface area (Å²) in [4.78, 5) is 63.0. The summed E-state index contributed by atoms with van der Waals surface area (Å²) in [6.07, 6.45) is 6.80. The fourth-order valence-corrected chi connectivity index (χ4v) is 20.2. The molecule has 14 aromatic rings. The van der Waals surface area contributed by atoms with Crippen molar-refractivity contribution < 1.29 is 28.7 Å². The lowest BCUT2D eigenvalue weighted by atomic mass is 9.77. The van der Waals surface area contributed by atoms with E-state index in [0.29, 0.717) is 6.42 Å². The molecule has 20 rings (SSSR count). The Morgan fingerprint density at radius 1 is 0.298 bits per heavy atom. The first-order valence-electron chi connectivity index (χ1n) is 47.9. The van der Waals surface area contributed by atoms with Gasteiger partial charge in [0, 0.05) is 75.5 Å². The molecule has 141 heavy (non-hydrogen) atoms. The SMILES string of the molecule is C=C1C=C(c2ccccc2)CC(C)(c2ccccc2)N1.CC1(c2ccccc2)CC(c2ccccc2)=C(C#N)C(=O)N1.CC1=C(c2ccc(Br)cc2)CC(C)(c2ccc(Br)cc2)NC1=O.CC1=C(c2ccc(C)cc2)CC(C)(c2ccc(C)cc2)NC1=O.CC1=C(c2cccc3ccccc23)CC(C)(c2ccc3ccccc3c2)NC1=O.COc1ccc(C2=C(C)C(=O)NC(C)(c3ccc(C)cc3)C2)cc1. The molecular weight excluding hydrogens is 1870 g/mol. The van der Waals surface area contributed by atoms with E-state index >= 15 is 0 Å². The third-order valence-corrected chi connectivity index (χ3v) is 29.3. The number of methoxy groups -OCH3 is 1. The molecule has 0 fully saturated rings. The second-order valence-electron chi connectivity index (χ2n) is 38.9. The number of rotatable bonds is 13. The van der Waals surface area contributed by atoms with Crippen molar-refractivity contribution in [2.45, 2.75) is 162 Å². The van der Waals surface area contributed by atoms with Crippen molar-refractivity contribution in [1.82, 2.24) is 31.9 Å². The fourth-order valence-electron chi connectivity index (χ4n) is 19.7. The Balaban J connectivity index is 0.000000128. The summed E-state index contributed by atoms with van der Waals surface area (Å²) in [5.74, 6) is 0.539. The number of nitrogens with one attached hydrogen (secondary N) is 6. The predicted molar refractivity (Wildman–Crippen MR) is 584 cm³/mol. The van der Waals surface area contributed by atoms with Gasteiger partial charge in [0.25, 0.3) is 5.91 Å². The zero-order chi connectivity index (χ0) is 100. The van der Waals surface area contributed by atoms with Gasteiger partial charge in [0.2, 0.25) is 23.6 Å². The minimum atomic E-state index is -0.510. The second-order valence-corrected chi connectivity index (χ2v) is 40.7. The van der Waals surface area contributed by atoms with Crippen LogP contribution in [0.1, 0.15) is 191 Å². The molecule has 710 valence electrons. The maximum Gasteiger partial charge on any atom is 0.262 e. The van der Waals surface area contributed by atoms with E-state index < -0.39 is 22.2 Å². The summed E-state index contributed by atoms with van der Waals surface area (Å²) in [5.41, 5.74) is 25.9. The normalized spacial score (nSPS) is 20.9. The highest BCUT2D eigenvalue weighted by atomic mass is 79.9. The molecule has 6 unspecified atom stereocenters. The lowest BCUT2D eigenvalue weighted by Gasteiger charge is -2.37. The second kappa shape index (κ2) is 43.3. The van der Waals surface area contributed by atoms with Crippen LogP contribution in [0.5, 0.6) is 5.75 Å².